The Morgan fingerprint density at radius 1 is 0.923 bits per heavy atom. The molecular weight excluding hydrogens is 356 g/mol. The van der Waals surface area contributed by atoms with Crippen LogP contribution < -0.4 is 18.7 Å². The maximum atomic E-state index is 13.0. The molecule has 1 amide bonds. The molecule has 2 aromatic rings. The van der Waals surface area contributed by atoms with Gasteiger partial charge >= 0.3 is 0 Å². The fraction of sp³-hybridized carbons (Fsp3) is 0.278. The first-order valence-electron chi connectivity index (χ1n) is 7.77. The van der Waals surface area contributed by atoms with Gasteiger partial charge in [-0.1, -0.05) is 0 Å². The Morgan fingerprint density at radius 3 is 2.00 bits per heavy atom. The smallest absolute Gasteiger partial charge is 0.267 e. The molecule has 2 rings (SSSR count). The lowest BCUT2D eigenvalue weighted by Crippen LogP contribution is -2.27. The van der Waals surface area contributed by atoms with Crippen molar-refractivity contribution in [3.05, 3.63) is 42.5 Å². The van der Waals surface area contributed by atoms with E-state index in [4.69, 9.17) is 9.47 Å². The minimum atomic E-state index is -3.87. The third-order valence-electron chi connectivity index (χ3n) is 4.08. The van der Waals surface area contributed by atoms with Gasteiger partial charge in [0.25, 0.3) is 10.0 Å². The number of benzene rings is 2. The van der Waals surface area contributed by atoms with Crippen molar-refractivity contribution in [2.24, 2.45) is 0 Å². The van der Waals surface area contributed by atoms with E-state index in [0.717, 1.165) is 4.31 Å². The van der Waals surface area contributed by atoms with Crippen LogP contribution in [0.1, 0.15) is 6.92 Å². The summed E-state index contributed by atoms with van der Waals surface area (Å²) in [6.07, 6.45) is 0. The molecule has 0 spiro atoms. The van der Waals surface area contributed by atoms with Gasteiger partial charge in [0, 0.05) is 32.8 Å². The van der Waals surface area contributed by atoms with Crippen LogP contribution in [-0.4, -0.2) is 42.6 Å². The second kappa shape index (κ2) is 7.65. The van der Waals surface area contributed by atoms with Crippen molar-refractivity contribution >= 4 is 27.3 Å². The van der Waals surface area contributed by atoms with Crippen LogP contribution in [0.4, 0.5) is 11.4 Å². The largest absolute Gasteiger partial charge is 0.497 e. The number of ether oxygens (including phenoxy) is 2. The number of hydrogen-bond donors (Lipinski definition) is 0. The summed E-state index contributed by atoms with van der Waals surface area (Å²) in [4.78, 5) is 12.9. The molecule has 8 heteroatoms. The number of carbonyl (C=O) groups is 1. The van der Waals surface area contributed by atoms with E-state index in [1.165, 1.54) is 39.2 Å². The van der Waals surface area contributed by atoms with E-state index in [1.54, 1.807) is 43.4 Å². The second-order valence-corrected chi connectivity index (χ2v) is 7.52. The highest BCUT2D eigenvalue weighted by molar-refractivity contribution is 7.92. The molecule has 26 heavy (non-hydrogen) atoms. The zero-order valence-electron chi connectivity index (χ0n) is 15.4. The molecule has 140 valence electrons. The summed E-state index contributed by atoms with van der Waals surface area (Å²) >= 11 is 0. The maximum Gasteiger partial charge on any atom is 0.267 e. The standard InChI is InChI=1S/C18H22N2O5S/c1-13(21)19(2)14-6-8-15(9-7-14)20(3)26(22,23)18-12-16(24-4)10-11-17(18)25-5/h6-12H,1-5H3. The highest BCUT2D eigenvalue weighted by Gasteiger charge is 2.26. The Balaban J connectivity index is 2.42. The minimum Gasteiger partial charge on any atom is -0.497 e. The Kier molecular flexibility index (Phi) is 5.76. The fourth-order valence-electron chi connectivity index (χ4n) is 2.34. The normalized spacial score (nSPS) is 11.0. The monoisotopic (exact) mass is 378 g/mol. The molecule has 0 radical (unpaired) electrons. The van der Waals surface area contributed by atoms with E-state index < -0.39 is 10.0 Å². The lowest BCUT2D eigenvalue weighted by Gasteiger charge is -2.22. The zero-order chi connectivity index (χ0) is 19.5. The molecular formula is C18H22N2O5S. The first kappa shape index (κ1) is 19.6. The van der Waals surface area contributed by atoms with Gasteiger partial charge in [0.05, 0.1) is 19.9 Å². The molecule has 0 atom stereocenters. The van der Waals surface area contributed by atoms with E-state index in [2.05, 4.69) is 0 Å². The van der Waals surface area contributed by atoms with E-state index >= 15 is 0 Å². The van der Waals surface area contributed by atoms with Crippen molar-refractivity contribution < 1.29 is 22.7 Å². The molecule has 0 heterocycles. The molecule has 7 nitrogen and oxygen atoms in total. The molecule has 0 aliphatic rings. The van der Waals surface area contributed by atoms with Crippen LogP contribution in [0.3, 0.4) is 0 Å². The van der Waals surface area contributed by atoms with Gasteiger partial charge in [-0.3, -0.25) is 9.10 Å². The quantitative estimate of drug-likeness (QED) is 0.772. The van der Waals surface area contributed by atoms with Gasteiger partial charge in [0.1, 0.15) is 16.4 Å². The van der Waals surface area contributed by atoms with Crippen LogP contribution in [-0.2, 0) is 14.8 Å². The van der Waals surface area contributed by atoms with E-state index in [0.29, 0.717) is 17.1 Å². The van der Waals surface area contributed by atoms with Crippen molar-refractivity contribution in [1.29, 1.82) is 0 Å². The number of nitrogens with zero attached hydrogens (tertiary/aromatic N) is 2. The Hall–Kier alpha value is -2.74. The van der Waals surface area contributed by atoms with Gasteiger partial charge in [-0.2, -0.15) is 0 Å². The lowest BCUT2D eigenvalue weighted by molar-refractivity contribution is -0.116. The summed E-state index contributed by atoms with van der Waals surface area (Å²) in [5.74, 6) is 0.529. The number of amides is 1. The summed E-state index contributed by atoms with van der Waals surface area (Å²) in [7, 11) is 2.11. The topological polar surface area (TPSA) is 76.2 Å². The predicted molar refractivity (Wildman–Crippen MR) is 101 cm³/mol. The first-order chi connectivity index (χ1) is 12.2. The van der Waals surface area contributed by atoms with Crippen molar-refractivity contribution in [3.8, 4) is 11.5 Å². The fourth-order valence-corrected chi connectivity index (χ4v) is 3.70. The number of rotatable bonds is 6. The molecule has 0 saturated carbocycles. The lowest BCUT2D eigenvalue weighted by atomic mass is 10.2. The summed E-state index contributed by atoms with van der Waals surface area (Å²) in [5.41, 5.74) is 1.13. The van der Waals surface area contributed by atoms with Crippen LogP contribution in [0.25, 0.3) is 0 Å². The number of carbonyl (C=O) groups excluding carboxylic acids is 1. The number of methoxy groups -OCH3 is 2. The molecule has 2 aromatic carbocycles. The molecule has 0 N–H and O–H groups in total. The summed E-state index contributed by atoms with van der Waals surface area (Å²) < 4.78 is 37.5. The maximum absolute atomic E-state index is 13.0. The van der Waals surface area contributed by atoms with Crippen LogP contribution in [0, 0.1) is 0 Å². The van der Waals surface area contributed by atoms with Crippen molar-refractivity contribution in [2.45, 2.75) is 11.8 Å². The summed E-state index contributed by atoms with van der Waals surface area (Å²) in [5, 5.41) is 0. The third kappa shape index (κ3) is 3.75. The molecule has 0 aromatic heterocycles. The average Bonchev–Trinajstić information content (AvgIpc) is 2.66. The SMILES string of the molecule is COc1ccc(OC)c(S(=O)(=O)N(C)c2ccc(N(C)C(C)=O)cc2)c1. The summed E-state index contributed by atoms with van der Waals surface area (Å²) in [6.45, 7) is 1.46. The van der Waals surface area contributed by atoms with E-state index in [1.807, 2.05) is 0 Å². The Morgan fingerprint density at radius 2 is 1.50 bits per heavy atom. The van der Waals surface area contributed by atoms with Crippen molar-refractivity contribution in [1.82, 2.24) is 0 Å². The predicted octanol–water partition coefficient (Wildman–Crippen LogP) is 2.51. The van der Waals surface area contributed by atoms with Crippen LogP contribution in [0.15, 0.2) is 47.4 Å². The highest BCUT2D eigenvalue weighted by atomic mass is 32.2. The average molecular weight is 378 g/mol. The molecule has 0 bridgehead atoms. The molecule has 0 unspecified atom stereocenters. The highest BCUT2D eigenvalue weighted by Crippen LogP contribution is 2.32. The van der Waals surface area contributed by atoms with Crippen LogP contribution in [0.2, 0.25) is 0 Å². The van der Waals surface area contributed by atoms with Gasteiger partial charge in [0.15, 0.2) is 0 Å². The molecule has 0 aliphatic carbocycles. The number of anilines is 2. The first-order valence-corrected chi connectivity index (χ1v) is 9.21. The van der Waals surface area contributed by atoms with Crippen molar-refractivity contribution in [2.75, 3.05) is 37.5 Å². The van der Waals surface area contributed by atoms with Crippen molar-refractivity contribution in [3.63, 3.8) is 0 Å². The molecule has 0 aliphatic heterocycles. The molecule has 0 saturated heterocycles. The van der Waals surface area contributed by atoms with Gasteiger partial charge in [-0.15, -0.1) is 0 Å². The minimum absolute atomic E-state index is 0.00628. The van der Waals surface area contributed by atoms with Gasteiger partial charge in [-0.05, 0) is 36.4 Å². The van der Waals surface area contributed by atoms with Gasteiger partial charge in [-0.25, -0.2) is 8.42 Å². The Labute approximate surface area is 153 Å². The van der Waals surface area contributed by atoms with E-state index in [9.17, 15) is 13.2 Å². The summed E-state index contributed by atoms with van der Waals surface area (Å²) in [6, 6.07) is 11.2. The van der Waals surface area contributed by atoms with Gasteiger partial charge in [0.2, 0.25) is 5.91 Å². The third-order valence-corrected chi connectivity index (χ3v) is 5.89. The van der Waals surface area contributed by atoms with Gasteiger partial charge < -0.3 is 14.4 Å². The van der Waals surface area contributed by atoms with Crippen LogP contribution >= 0.6 is 0 Å². The van der Waals surface area contributed by atoms with Crippen LogP contribution in [0.5, 0.6) is 11.5 Å². The second-order valence-electron chi connectivity index (χ2n) is 5.58. The van der Waals surface area contributed by atoms with E-state index in [-0.39, 0.29) is 16.6 Å². The number of hydrogen-bond acceptors (Lipinski definition) is 5. The molecule has 0 fully saturated rings. The zero-order valence-corrected chi connectivity index (χ0v) is 16.2. The Bertz CT molecular complexity index is 894. The number of sulfonamides is 1.